The highest BCUT2D eigenvalue weighted by atomic mass is 32.1. The van der Waals surface area contributed by atoms with Gasteiger partial charge in [0.25, 0.3) is 0 Å². The monoisotopic (exact) mass is 287 g/mol. The third kappa shape index (κ3) is 5.42. The van der Waals surface area contributed by atoms with Crippen LogP contribution in [0, 0.1) is 11.8 Å². The maximum absolute atomic E-state index is 12.2. The molecule has 1 rings (SSSR count). The first kappa shape index (κ1) is 16.3. The lowest BCUT2D eigenvalue weighted by Crippen LogP contribution is -2.49. The number of rotatable bonds is 6. The van der Waals surface area contributed by atoms with Gasteiger partial charge in [0, 0.05) is 25.7 Å². The number of nitrogens with two attached hydrogens (primary N) is 1. The highest BCUT2D eigenvalue weighted by molar-refractivity contribution is 7.80. The number of carbonyl (C=O) groups is 1. The van der Waals surface area contributed by atoms with Gasteiger partial charge in [0.1, 0.15) is 0 Å². The second-order valence-corrected chi connectivity index (χ2v) is 5.92. The highest BCUT2D eigenvalue weighted by Crippen LogP contribution is 2.12. The van der Waals surface area contributed by atoms with E-state index in [-0.39, 0.29) is 28.8 Å². The third-order valence-corrected chi connectivity index (χ3v) is 3.53. The largest absolute Gasteiger partial charge is 0.393 e. The fourth-order valence-electron chi connectivity index (χ4n) is 2.31. The first-order valence-corrected chi connectivity index (χ1v) is 7.22. The van der Waals surface area contributed by atoms with E-state index in [1.54, 1.807) is 0 Å². The molecule has 0 bridgehead atoms. The van der Waals surface area contributed by atoms with E-state index in [2.05, 4.69) is 10.2 Å². The molecule has 0 aliphatic carbocycles. The molecule has 6 heteroatoms. The van der Waals surface area contributed by atoms with Crippen molar-refractivity contribution in [3.05, 3.63) is 0 Å². The average Bonchev–Trinajstić information content (AvgIpc) is 2.28. The number of thiocarbonyl (C=S) groups is 1. The molecule has 0 aromatic heterocycles. The zero-order valence-electron chi connectivity index (χ0n) is 12.0. The Balaban J connectivity index is 2.43. The highest BCUT2D eigenvalue weighted by Gasteiger charge is 2.26. The molecular formula is C13H25N3O2S. The number of amides is 1. The summed E-state index contributed by atoms with van der Waals surface area (Å²) in [5.41, 5.74) is 5.64. The summed E-state index contributed by atoms with van der Waals surface area (Å²) in [5.74, 6) is -0.335. The van der Waals surface area contributed by atoms with Crippen molar-refractivity contribution in [1.82, 2.24) is 10.2 Å². The summed E-state index contributed by atoms with van der Waals surface area (Å²) < 4.78 is 5.30. The van der Waals surface area contributed by atoms with Gasteiger partial charge in [0.05, 0.1) is 24.1 Å². The van der Waals surface area contributed by atoms with E-state index in [9.17, 15) is 4.79 Å². The number of hydrogen-bond acceptors (Lipinski definition) is 4. The maximum atomic E-state index is 12.2. The molecule has 5 nitrogen and oxygen atoms in total. The molecule has 0 aromatic rings. The Hall–Kier alpha value is -0.720. The Labute approximate surface area is 120 Å². The summed E-state index contributed by atoms with van der Waals surface area (Å²) in [6.07, 6.45) is 0. The SMILES string of the molecule is CC(CN1CCOCC1)NC(=O)C(C(N)=S)C(C)C. The van der Waals surface area contributed by atoms with E-state index >= 15 is 0 Å². The van der Waals surface area contributed by atoms with Crippen LogP contribution < -0.4 is 11.1 Å². The zero-order valence-corrected chi connectivity index (χ0v) is 12.8. The molecule has 0 aromatic carbocycles. The Morgan fingerprint density at radius 2 is 1.95 bits per heavy atom. The van der Waals surface area contributed by atoms with E-state index in [0.29, 0.717) is 0 Å². The van der Waals surface area contributed by atoms with Crippen LogP contribution in [0.5, 0.6) is 0 Å². The second-order valence-electron chi connectivity index (χ2n) is 5.45. The minimum Gasteiger partial charge on any atom is -0.393 e. The van der Waals surface area contributed by atoms with Crippen LogP contribution in [0.2, 0.25) is 0 Å². The van der Waals surface area contributed by atoms with Crippen molar-refractivity contribution >= 4 is 23.1 Å². The van der Waals surface area contributed by atoms with Crippen molar-refractivity contribution in [3.63, 3.8) is 0 Å². The standard InChI is InChI=1S/C13H25N3O2S/c1-9(2)11(12(14)19)13(17)15-10(3)8-16-4-6-18-7-5-16/h9-11H,4-8H2,1-3H3,(H2,14,19)(H,15,17). The Morgan fingerprint density at radius 3 is 2.42 bits per heavy atom. The zero-order chi connectivity index (χ0) is 14.4. The van der Waals surface area contributed by atoms with Gasteiger partial charge in [-0.2, -0.15) is 0 Å². The van der Waals surface area contributed by atoms with Crippen molar-refractivity contribution in [3.8, 4) is 0 Å². The quantitative estimate of drug-likeness (QED) is 0.691. The summed E-state index contributed by atoms with van der Waals surface area (Å²) in [7, 11) is 0. The second kappa shape index (κ2) is 7.77. The van der Waals surface area contributed by atoms with Crippen LogP contribution in [0.4, 0.5) is 0 Å². The lowest BCUT2D eigenvalue weighted by atomic mass is 9.94. The molecule has 1 amide bonds. The number of hydrogen-bond donors (Lipinski definition) is 2. The van der Waals surface area contributed by atoms with Crippen molar-refractivity contribution in [2.24, 2.45) is 17.6 Å². The predicted molar refractivity (Wildman–Crippen MR) is 80.0 cm³/mol. The van der Waals surface area contributed by atoms with Gasteiger partial charge in [-0.1, -0.05) is 26.1 Å². The van der Waals surface area contributed by atoms with Gasteiger partial charge in [-0.15, -0.1) is 0 Å². The van der Waals surface area contributed by atoms with Crippen molar-refractivity contribution in [2.75, 3.05) is 32.8 Å². The summed E-state index contributed by atoms with van der Waals surface area (Å²) in [6.45, 7) is 10.1. The van der Waals surface area contributed by atoms with Gasteiger partial charge < -0.3 is 15.8 Å². The van der Waals surface area contributed by atoms with Gasteiger partial charge >= 0.3 is 0 Å². The smallest absolute Gasteiger partial charge is 0.230 e. The lowest BCUT2D eigenvalue weighted by Gasteiger charge is -2.30. The van der Waals surface area contributed by atoms with Crippen LogP contribution in [0.25, 0.3) is 0 Å². The number of nitrogens with zero attached hydrogens (tertiary/aromatic N) is 1. The number of ether oxygens (including phenoxy) is 1. The van der Waals surface area contributed by atoms with Crippen LogP contribution in [0.15, 0.2) is 0 Å². The molecule has 0 spiro atoms. The van der Waals surface area contributed by atoms with E-state index in [1.807, 2.05) is 20.8 Å². The van der Waals surface area contributed by atoms with Crippen LogP contribution >= 0.6 is 12.2 Å². The van der Waals surface area contributed by atoms with E-state index < -0.39 is 0 Å². The Morgan fingerprint density at radius 1 is 1.37 bits per heavy atom. The molecule has 1 fully saturated rings. The number of carbonyl (C=O) groups excluding carboxylic acids is 1. The van der Waals surface area contributed by atoms with Crippen LogP contribution in [0.1, 0.15) is 20.8 Å². The molecule has 1 aliphatic rings. The first-order chi connectivity index (χ1) is 8.91. The molecule has 0 radical (unpaired) electrons. The third-order valence-electron chi connectivity index (χ3n) is 3.28. The topological polar surface area (TPSA) is 67.6 Å². The van der Waals surface area contributed by atoms with Crippen LogP contribution in [-0.4, -0.2) is 54.7 Å². The van der Waals surface area contributed by atoms with Crippen molar-refractivity contribution in [2.45, 2.75) is 26.8 Å². The maximum Gasteiger partial charge on any atom is 0.230 e. The van der Waals surface area contributed by atoms with E-state index in [4.69, 9.17) is 22.7 Å². The van der Waals surface area contributed by atoms with E-state index in [1.165, 1.54) is 0 Å². The summed E-state index contributed by atoms with van der Waals surface area (Å²) in [4.78, 5) is 14.7. The molecule has 2 atom stereocenters. The van der Waals surface area contributed by atoms with Gasteiger partial charge in [0.2, 0.25) is 5.91 Å². The molecular weight excluding hydrogens is 262 g/mol. The molecule has 0 saturated carbocycles. The molecule has 1 aliphatic heterocycles. The fraction of sp³-hybridized carbons (Fsp3) is 0.846. The van der Waals surface area contributed by atoms with Gasteiger partial charge in [-0.3, -0.25) is 9.69 Å². The van der Waals surface area contributed by atoms with Crippen molar-refractivity contribution < 1.29 is 9.53 Å². The van der Waals surface area contributed by atoms with E-state index in [0.717, 1.165) is 32.8 Å². The number of nitrogens with one attached hydrogen (secondary N) is 1. The lowest BCUT2D eigenvalue weighted by molar-refractivity contribution is -0.124. The minimum atomic E-state index is -0.387. The Bertz CT molecular complexity index is 317. The van der Waals surface area contributed by atoms with Gasteiger partial charge in [-0.05, 0) is 12.8 Å². The number of morpholine rings is 1. The molecule has 1 saturated heterocycles. The fourth-order valence-corrected chi connectivity index (χ4v) is 2.69. The summed E-state index contributed by atoms with van der Waals surface area (Å²) in [6, 6.07) is 0.0844. The summed E-state index contributed by atoms with van der Waals surface area (Å²) in [5, 5.41) is 3.00. The predicted octanol–water partition coefficient (Wildman–Crippen LogP) is 0.382. The molecule has 1 heterocycles. The van der Waals surface area contributed by atoms with Gasteiger partial charge in [-0.25, -0.2) is 0 Å². The molecule has 19 heavy (non-hydrogen) atoms. The van der Waals surface area contributed by atoms with Gasteiger partial charge in [0.15, 0.2) is 0 Å². The van der Waals surface area contributed by atoms with Crippen LogP contribution in [-0.2, 0) is 9.53 Å². The molecule has 3 N–H and O–H groups in total. The molecule has 2 unspecified atom stereocenters. The van der Waals surface area contributed by atoms with Crippen molar-refractivity contribution in [1.29, 1.82) is 0 Å². The summed E-state index contributed by atoms with van der Waals surface area (Å²) >= 11 is 4.97. The average molecular weight is 287 g/mol. The van der Waals surface area contributed by atoms with Crippen LogP contribution in [0.3, 0.4) is 0 Å². The molecule has 110 valence electrons. The Kier molecular flexibility index (Phi) is 6.68. The minimum absolute atomic E-state index is 0.0664. The first-order valence-electron chi connectivity index (χ1n) is 6.81. The normalized spacial score (nSPS) is 20.0.